The maximum absolute atomic E-state index is 13.6. The number of carbonyl (C=O) groups excluding carboxylic acids is 1. The summed E-state index contributed by atoms with van der Waals surface area (Å²) in [6.45, 7) is 4.22. The molecular formula is C21H25FN2O. The zero-order valence-corrected chi connectivity index (χ0v) is 14.6. The molecule has 2 aromatic carbocycles. The maximum Gasteiger partial charge on any atom is 0.223 e. The lowest BCUT2D eigenvalue weighted by atomic mass is 9.92. The largest absolute Gasteiger partial charge is 0.333 e. The molecule has 2 aromatic rings. The molecule has 4 heteroatoms. The van der Waals surface area contributed by atoms with Gasteiger partial charge in [-0.25, -0.2) is 4.39 Å². The Morgan fingerprint density at radius 2 is 2.04 bits per heavy atom. The maximum atomic E-state index is 13.6. The number of piperazine rings is 1. The number of halogens is 1. The van der Waals surface area contributed by atoms with Crippen LogP contribution in [0, 0.1) is 5.82 Å². The summed E-state index contributed by atoms with van der Waals surface area (Å²) in [5.74, 6) is 0.106. The number of nitrogens with one attached hydrogen (secondary N) is 1. The molecule has 0 aliphatic carbocycles. The van der Waals surface area contributed by atoms with Crippen molar-refractivity contribution in [2.24, 2.45) is 0 Å². The van der Waals surface area contributed by atoms with Crippen molar-refractivity contribution in [3.05, 3.63) is 71.5 Å². The molecule has 1 N–H and O–H groups in total. The van der Waals surface area contributed by atoms with Gasteiger partial charge >= 0.3 is 0 Å². The summed E-state index contributed by atoms with van der Waals surface area (Å²) in [7, 11) is 0. The van der Waals surface area contributed by atoms with Gasteiger partial charge in [0.05, 0.1) is 6.04 Å². The van der Waals surface area contributed by atoms with E-state index in [1.807, 2.05) is 29.2 Å². The van der Waals surface area contributed by atoms with Gasteiger partial charge < -0.3 is 10.2 Å². The average Bonchev–Trinajstić information content (AvgIpc) is 2.66. The third kappa shape index (κ3) is 4.26. The summed E-state index contributed by atoms with van der Waals surface area (Å²) in [5.41, 5.74) is 2.06. The highest BCUT2D eigenvalue weighted by atomic mass is 19.1. The van der Waals surface area contributed by atoms with Crippen molar-refractivity contribution in [1.29, 1.82) is 0 Å². The van der Waals surface area contributed by atoms with Crippen LogP contribution < -0.4 is 5.32 Å². The molecule has 1 aliphatic rings. The minimum atomic E-state index is -0.258. The van der Waals surface area contributed by atoms with Gasteiger partial charge in [0, 0.05) is 26.1 Å². The van der Waals surface area contributed by atoms with E-state index in [2.05, 4.69) is 24.4 Å². The Labute approximate surface area is 148 Å². The molecule has 3 nitrogen and oxygen atoms in total. The molecule has 1 aliphatic heterocycles. The Kier molecular flexibility index (Phi) is 5.82. The Bertz CT molecular complexity index is 704. The van der Waals surface area contributed by atoms with E-state index >= 15 is 0 Å². The minimum Gasteiger partial charge on any atom is -0.333 e. The lowest BCUT2D eigenvalue weighted by Crippen LogP contribution is -2.49. The fourth-order valence-electron chi connectivity index (χ4n) is 3.57. The van der Waals surface area contributed by atoms with Gasteiger partial charge in [0.2, 0.25) is 5.91 Å². The van der Waals surface area contributed by atoms with E-state index in [-0.39, 0.29) is 23.7 Å². The van der Waals surface area contributed by atoms with Crippen LogP contribution in [0.25, 0.3) is 0 Å². The van der Waals surface area contributed by atoms with Crippen LogP contribution in [0.1, 0.15) is 42.9 Å². The number of amides is 1. The minimum absolute atomic E-state index is 0.106. The van der Waals surface area contributed by atoms with Crippen molar-refractivity contribution in [3.63, 3.8) is 0 Å². The molecule has 1 saturated heterocycles. The highest BCUT2D eigenvalue weighted by molar-refractivity contribution is 5.78. The lowest BCUT2D eigenvalue weighted by molar-refractivity contribution is -0.135. The molecule has 0 spiro atoms. The second-order valence-corrected chi connectivity index (χ2v) is 6.58. The van der Waals surface area contributed by atoms with Crippen molar-refractivity contribution in [2.75, 3.05) is 19.6 Å². The third-order valence-electron chi connectivity index (χ3n) is 4.98. The Morgan fingerprint density at radius 1 is 1.24 bits per heavy atom. The van der Waals surface area contributed by atoms with E-state index in [9.17, 15) is 9.18 Å². The highest BCUT2D eigenvalue weighted by Gasteiger charge is 2.29. The summed E-state index contributed by atoms with van der Waals surface area (Å²) < 4.78 is 13.6. The van der Waals surface area contributed by atoms with Crippen LogP contribution in [-0.2, 0) is 4.79 Å². The van der Waals surface area contributed by atoms with Crippen molar-refractivity contribution in [2.45, 2.75) is 31.7 Å². The van der Waals surface area contributed by atoms with Gasteiger partial charge in [0.25, 0.3) is 0 Å². The van der Waals surface area contributed by atoms with E-state index in [1.165, 1.54) is 17.7 Å². The Balaban J connectivity index is 1.76. The van der Waals surface area contributed by atoms with Gasteiger partial charge in [-0.05, 0) is 35.6 Å². The second kappa shape index (κ2) is 8.26. The molecule has 25 heavy (non-hydrogen) atoms. The fourth-order valence-corrected chi connectivity index (χ4v) is 3.57. The van der Waals surface area contributed by atoms with E-state index in [0.717, 1.165) is 18.5 Å². The molecule has 132 valence electrons. The topological polar surface area (TPSA) is 32.3 Å². The first-order valence-electron chi connectivity index (χ1n) is 8.99. The molecule has 1 heterocycles. The number of rotatable bonds is 5. The molecule has 1 amide bonds. The number of hydrogen-bond acceptors (Lipinski definition) is 2. The first kappa shape index (κ1) is 17.6. The van der Waals surface area contributed by atoms with Gasteiger partial charge in [-0.15, -0.1) is 0 Å². The quantitative estimate of drug-likeness (QED) is 0.896. The normalized spacial score (nSPS) is 18.8. The molecule has 2 atom stereocenters. The number of hydrogen-bond donors (Lipinski definition) is 1. The first-order chi connectivity index (χ1) is 12.2. The van der Waals surface area contributed by atoms with E-state index < -0.39 is 0 Å². The third-order valence-corrected chi connectivity index (χ3v) is 4.98. The summed E-state index contributed by atoms with van der Waals surface area (Å²) >= 11 is 0. The van der Waals surface area contributed by atoms with Gasteiger partial charge in [-0.2, -0.15) is 0 Å². The summed E-state index contributed by atoms with van der Waals surface area (Å²) in [5, 5.41) is 3.32. The molecular weight excluding hydrogens is 315 g/mol. The SMILES string of the molecule is CCC(CC(=O)N1CCNCC1c1cccc(F)c1)c1ccccc1. The molecule has 0 bridgehead atoms. The summed E-state index contributed by atoms with van der Waals surface area (Å²) in [6, 6.07) is 16.7. The van der Waals surface area contributed by atoms with Crippen molar-refractivity contribution < 1.29 is 9.18 Å². The Morgan fingerprint density at radius 3 is 2.76 bits per heavy atom. The first-order valence-corrected chi connectivity index (χ1v) is 8.99. The highest BCUT2D eigenvalue weighted by Crippen LogP contribution is 2.28. The predicted octanol–water partition coefficient (Wildman–Crippen LogP) is 3.88. The molecule has 1 fully saturated rings. The summed E-state index contributed by atoms with van der Waals surface area (Å²) in [6.07, 6.45) is 1.42. The van der Waals surface area contributed by atoms with E-state index in [1.54, 1.807) is 6.07 Å². The molecule has 0 saturated carbocycles. The zero-order valence-electron chi connectivity index (χ0n) is 14.6. The number of carbonyl (C=O) groups is 1. The van der Waals surface area contributed by atoms with Gasteiger partial charge in [-0.1, -0.05) is 49.4 Å². The standard InChI is InChI=1S/C21H25FN2O/c1-2-16(17-7-4-3-5-8-17)14-21(25)24-12-11-23-15-20(24)18-9-6-10-19(22)13-18/h3-10,13,16,20,23H,2,11-12,14-15H2,1H3. The van der Waals surface area contributed by atoms with Crippen molar-refractivity contribution in [1.82, 2.24) is 10.2 Å². The number of benzene rings is 2. The van der Waals surface area contributed by atoms with Crippen LogP contribution in [0.3, 0.4) is 0 Å². The van der Waals surface area contributed by atoms with Crippen LogP contribution in [0.2, 0.25) is 0 Å². The molecule has 0 aromatic heterocycles. The van der Waals surface area contributed by atoms with E-state index in [0.29, 0.717) is 19.5 Å². The van der Waals surface area contributed by atoms with Crippen LogP contribution in [0.15, 0.2) is 54.6 Å². The van der Waals surface area contributed by atoms with Crippen LogP contribution >= 0.6 is 0 Å². The monoisotopic (exact) mass is 340 g/mol. The van der Waals surface area contributed by atoms with Crippen molar-refractivity contribution >= 4 is 5.91 Å². The molecule has 3 rings (SSSR count). The Hall–Kier alpha value is -2.20. The summed E-state index contributed by atoms with van der Waals surface area (Å²) in [4.78, 5) is 14.9. The predicted molar refractivity (Wildman–Crippen MR) is 97.8 cm³/mol. The van der Waals surface area contributed by atoms with Gasteiger partial charge in [0.15, 0.2) is 0 Å². The molecule has 0 radical (unpaired) electrons. The van der Waals surface area contributed by atoms with Crippen LogP contribution in [0.5, 0.6) is 0 Å². The van der Waals surface area contributed by atoms with Crippen LogP contribution in [-0.4, -0.2) is 30.4 Å². The van der Waals surface area contributed by atoms with E-state index in [4.69, 9.17) is 0 Å². The van der Waals surface area contributed by atoms with Crippen molar-refractivity contribution in [3.8, 4) is 0 Å². The van der Waals surface area contributed by atoms with Gasteiger partial charge in [0.1, 0.15) is 5.82 Å². The number of nitrogens with zero attached hydrogens (tertiary/aromatic N) is 1. The fraction of sp³-hybridized carbons (Fsp3) is 0.381. The zero-order chi connectivity index (χ0) is 17.6. The second-order valence-electron chi connectivity index (χ2n) is 6.58. The lowest BCUT2D eigenvalue weighted by Gasteiger charge is -2.37. The smallest absolute Gasteiger partial charge is 0.223 e. The average molecular weight is 340 g/mol. The van der Waals surface area contributed by atoms with Gasteiger partial charge in [-0.3, -0.25) is 4.79 Å². The van der Waals surface area contributed by atoms with Crippen LogP contribution in [0.4, 0.5) is 4.39 Å². The molecule has 2 unspecified atom stereocenters.